The molecule has 0 spiro atoms. The normalized spacial score (nSPS) is 10.5. The lowest BCUT2D eigenvalue weighted by Crippen LogP contribution is -2.36. The second-order valence-electron chi connectivity index (χ2n) is 1.38. The van der Waals surface area contributed by atoms with Crippen LogP contribution in [0.1, 0.15) is 0 Å². The van der Waals surface area contributed by atoms with E-state index in [4.69, 9.17) is 4.89 Å². The van der Waals surface area contributed by atoms with Gasteiger partial charge in [0.25, 0.3) is 0 Å². The van der Waals surface area contributed by atoms with E-state index in [0.717, 1.165) is 0 Å². The van der Waals surface area contributed by atoms with Crippen LogP contribution in [0.4, 0.5) is 0 Å². The Morgan fingerprint density at radius 3 is 2.55 bits per heavy atom. The SMILES string of the molecule is NC(=O)C(=O)NCO[P+](=O)O. The Morgan fingerprint density at radius 1 is 1.64 bits per heavy atom. The van der Waals surface area contributed by atoms with Crippen LogP contribution in [0.5, 0.6) is 0 Å². The summed E-state index contributed by atoms with van der Waals surface area (Å²) in [6.07, 6.45) is 0. The third-order valence-electron chi connectivity index (χ3n) is 0.632. The van der Waals surface area contributed by atoms with Crippen LogP contribution in [-0.4, -0.2) is 23.4 Å². The lowest BCUT2D eigenvalue weighted by Gasteiger charge is -1.93. The van der Waals surface area contributed by atoms with Crippen LogP contribution in [0.25, 0.3) is 0 Å². The highest BCUT2D eigenvalue weighted by Gasteiger charge is 2.14. The molecule has 1 unspecified atom stereocenters. The molecule has 0 aromatic carbocycles. The molecular weight excluding hydrogens is 175 g/mol. The molecule has 0 saturated carbocycles. The molecule has 0 rings (SSSR count). The van der Waals surface area contributed by atoms with Crippen molar-refractivity contribution in [3.8, 4) is 0 Å². The third-order valence-corrected chi connectivity index (χ3v) is 0.981. The molecule has 0 aliphatic rings. The Bertz CT molecular complexity index is 192. The predicted molar refractivity (Wildman–Crippen MR) is 33.1 cm³/mol. The van der Waals surface area contributed by atoms with Crippen LogP contribution >= 0.6 is 8.25 Å². The molecule has 0 aromatic rings. The highest BCUT2D eigenvalue weighted by molar-refractivity contribution is 7.32. The molecule has 4 N–H and O–H groups in total. The summed E-state index contributed by atoms with van der Waals surface area (Å²) in [5.41, 5.74) is 4.51. The zero-order valence-corrected chi connectivity index (χ0v) is 6.21. The molecule has 0 aliphatic carbocycles. The molecule has 2 amide bonds. The Balaban J connectivity index is 3.47. The molecule has 0 fully saturated rings. The number of amides is 2. The van der Waals surface area contributed by atoms with Gasteiger partial charge in [0, 0.05) is 4.57 Å². The van der Waals surface area contributed by atoms with Crippen LogP contribution in [-0.2, 0) is 18.7 Å². The summed E-state index contributed by atoms with van der Waals surface area (Å²) in [7, 11) is -2.77. The number of primary amides is 1. The number of rotatable bonds is 3. The van der Waals surface area contributed by atoms with Crippen molar-refractivity contribution in [1.29, 1.82) is 0 Å². The minimum atomic E-state index is -2.77. The van der Waals surface area contributed by atoms with Crippen LogP contribution in [0.15, 0.2) is 0 Å². The number of carbonyl (C=O) groups is 2. The van der Waals surface area contributed by atoms with Crippen molar-refractivity contribution in [1.82, 2.24) is 5.32 Å². The lowest BCUT2D eigenvalue weighted by molar-refractivity contribution is -0.137. The Kier molecular flexibility index (Phi) is 4.28. The smallest absolute Gasteiger partial charge is 0.361 e. The summed E-state index contributed by atoms with van der Waals surface area (Å²) in [5, 5.41) is 1.83. The van der Waals surface area contributed by atoms with Crippen molar-refractivity contribution in [2.45, 2.75) is 0 Å². The zero-order chi connectivity index (χ0) is 8.85. The second kappa shape index (κ2) is 4.73. The van der Waals surface area contributed by atoms with E-state index in [0.29, 0.717) is 0 Å². The van der Waals surface area contributed by atoms with Gasteiger partial charge in [-0.1, -0.05) is 4.52 Å². The van der Waals surface area contributed by atoms with Crippen LogP contribution in [0.2, 0.25) is 0 Å². The third kappa shape index (κ3) is 5.41. The van der Waals surface area contributed by atoms with Crippen molar-refractivity contribution in [2.24, 2.45) is 5.73 Å². The van der Waals surface area contributed by atoms with Gasteiger partial charge in [0.05, 0.1) is 0 Å². The van der Waals surface area contributed by atoms with Crippen molar-refractivity contribution in [3.63, 3.8) is 0 Å². The van der Waals surface area contributed by atoms with E-state index in [9.17, 15) is 14.2 Å². The topological polar surface area (TPSA) is 119 Å². The molecule has 62 valence electrons. The van der Waals surface area contributed by atoms with E-state index in [1.165, 1.54) is 0 Å². The fourth-order valence-electron chi connectivity index (χ4n) is 0.240. The second-order valence-corrected chi connectivity index (χ2v) is 2.12. The number of hydrogen-bond donors (Lipinski definition) is 3. The first-order valence-corrected chi connectivity index (χ1v) is 3.53. The fraction of sp³-hybridized carbons (Fsp3) is 0.333. The minimum absolute atomic E-state index is 0.520. The number of nitrogens with two attached hydrogens (primary N) is 1. The molecule has 0 saturated heterocycles. The van der Waals surface area contributed by atoms with E-state index < -0.39 is 26.8 Å². The monoisotopic (exact) mass is 181 g/mol. The average Bonchev–Trinajstić information content (AvgIpc) is 1.86. The molecule has 11 heavy (non-hydrogen) atoms. The fourth-order valence-corrected chi connectivity index (χ4v) is 0.415. The van der Waals surface area contributed by atoms with Crippen LogP contribution in [0.3, 0.4) is 0 Å². The van der Waals surface area contributed by atoms with Gasteiger partial charge in [-0.05, 0) is 0 Å². The molecule has 0 heterocycles. The summed E-state index contributed by atoms with van der Waals surface area (Å²) >= 11 is 0. The van der Waals surface area contributed by atoms with Crippen LogP contribution in [0, 0.1) is 0 Å². The standard InChI is InChI=1S/C3H5N2O5P/c4-2(6)3(7)5-1-10-11(8)9/h1H2,(H3-,4,5,6,7,8,9)/p+1. The van der Waals surface area contributed by atoms with Gasteiger partial charge in [-0.2, -0.15) is 0 Å². The highest BCUT2D eigenvalue weighted by Crippen LogP contribution is 2.11. The van der Waals surface area contributed by atoms with Gasteiger partial charge in [0.2, 0.25) is 0 Å². The average molecular weight is 181 g/mol. The van der Waals surface area contributed by atoms with Gasteiger partial charge >= 0.3 is 20.1 Å². The zero-order valence-electron chi connectivity index (χ0n) is 5.31. The quantitative estimate of drug-likeness (QED) is 0.270. The number of hydrogen-bond acceptors (Lipinski definition) is 4. The summed E-state index contributed by atoms with van der Waals surface area (Å²) in [6, 6.07) is 0. The summed E-state index contributed by atoms with van der Waals surface area (Å²) in [5.74, 6) is -2.25. The van der Waals surface area contributed by atoms with E-state index in [-0.39, 0.29) is 0 Å². The molecule has 1 atom stereocenters. The van der Waals surface area contributed by atoms with Gasteiger partial charge in [0.15, 0.2) is 6.73 Å². The van der Waals surface area contributed by atoms with E-state index >= 15 is 0 Å². The first kappa shape index (κ1) is 9.96. The van der Waals surface area contributed by atoms with Crippen molar-refractivity contribution >= 4 is 20.1 Å². The van der Waals surface area contributed by atoms with Gasteiger partial charge in [-0.3, -0.25) is 9.59 Å². The maximum absolute atomic E-state index is 10.3. The highest BCUT2D eigenvalue weighted by atomic mass is 31.1. The number of carbonyl (C=O) groups excluding carboxylic acids is 2. The van der Waals surface area contributed by atoms with E-state index in [2.05, 4.69) is 10.3 Å². The Labute approximate surface area is 62.5 Å². The van der Waals surface area contributed by atoms with Gasteiger partial charge in [-0.25, -0.2) is 0 Å². The van der Waals surface area contributed by atoms with Crippen LogP contribution < -0.4 is 11.1 Å². The van der Waals surface area contributed by atoms with Crippen molar-refractivity contribution in [3.05, 3.63) is 0 Å². The minimum Gasteiger partial charge on any atom is -0.361 e. The van der Waals surface area contributed by atoms with Crippen molar-refractivity contribution in [2.75, 3.05) is 6.73 Å². The first-order chi connectivity index (χ1) is 5.04. The lowest BCUT2D eigenvalue weighted by atomic mass is 10.6. The molecule has 0 aliphatic heterocycles. The van der Waals surface area contributed by atoms with Gasteiger partial charge in [0.1, 0.15) is 0 Å². The largest absolute Gasteiger partial charge is 0.696 e. The Hall–Kier alpha value is -1.04. The molecule has 0 bridgehead atoms. The Morgan fingerprint density at radius 2 is 2.18 bits per heavy atom. The van der Waals surface area contributed by atoms with Gasteiger partial charge < -0.3 is 11.1 Å². The van der Waals surface area contributed by atoms with Gasteiger partial charge in [-0.15, -0.1) is 4.89 Å². The first-order valence-electron chi connectivity index (χ1n) is 2.40. The van der Waals surface area contributed by atoms with E-state index in [1.807, 2.05) is 5.32 Å². The maximum Gasteiger partial charge on any atom is 0.696 e. The molecule has 0 radical (unpaired) electrons. The molecule has 8 heteroatoms. The molecule has 7 nitrogen and oxygen atoms in total. The van der Waals surface area contributed by atoms with E-state index in [1.54, 1.807) is 0 Å². The molecular formula is C3H6N2O5P+. The summed E-state index contributed by atoms with van der Waals surface area (Å²) < 4.78 is 13.8. The predicted octanol–water partition coefficient (Wildman–Crippen LogP) is -1.79. The number of nitrogens with one attached hydrogen (secondary N) is 1. The molecule has 0 aromatic heterocycles. The summed E-state index contributed by atoms with van der Waals surface area (Å²) in [6.45, 7) is -0.520. The van der Waals surface area contributed by atoms with Crippen molar-refractivity contribution < 1.29 is 23.6 Å². The summed E-state index contributed by atoms with van der Waals surface area (Å²) in [4.78, 5) is 28.3. The maximum atomic E-state index is 10.3.